The number of rotatable bonds is 4. The van der Waals surface area contributed by atoms with Crippen molar-refractivity contribution in [3.63, 3.8) is 0 Å². The van der Waals surface area contributed by atoms with Gasteiger partial charge in [-0.25, -0.2) is 18.4 Å². The lowest BCUT2D eigenvalue weighted by atomic mass is 10.1. The summed E-state index contributed by atoms with van der Waals surface area (Å²) in [5, 5.41) is 17.3. The Labute approximate surface area is 111 Å². The first-order valence-electron chi connectivity index (χ1n) is 6.04. The van der Waals surface area contributed by atoms with Crippen LogP contribution in [0.1, 0.15) is 36.0 Å². The van der Waals surface area contributed by atoms with E-state index in [4.69, 9.17) is 10.2 Å². The summed E-state index contributed by atoms with van der Waals surface area (Å²) < 4.78 is 22.5. The van der Waals surface area contributed by atoms with Gasteiger partial charge in [-0.3, -0.25) is 0 Å². The maximum Gasteiger partial charge on any atom is 0.337 e. The Hall–Kier alpha value is -1.60. The summed E-state index contributed by atoms with van der Waals surface area (Å²) in [6.45, 7) is 0. The number of anilines is 1. The minimum absolute atomic E-state index is 0.0709. The van der Waals surface area contributed by atoms with Crippen molar-refractivity contribution in [2.24, 2.45) is 5.14 Å². The lowest BCUT2D eigenvalue weighted by molar-refractivity contribution is 0.0697. The van der Waals surface area contributed by atoms with Crippen molar-refractivity contribution >= 4 is 21.7 Å². The van der Waals surface area contributed by atoms with Gasteiger partial charge in [-0.1, -0.05) is 12.8 Å². The van der Waals surface area contributed by atoms with Crippen LogP contribution in [-0.2, 0) is 10.0 Å². The summed E-state index contributed by atoms with van der Waals surface area (Å²) in [6.07, 6.45) is 4.23. The van der Waals surface area contributed by atoms with Crippen molar-refractivity contribution in [3.8, 4) is 0 Å². The average Bonchev–Trinajstić information content (AvgIpc) is 2.80. The first-order valence-corrected chi connectivity index (χ1v) is 7.59. The summed E-state index contributed by atoms with van der Waals surface area (Å²) in [4.78, 5) is 11.0. The van der Waals surface area contributed by atoms with Crippen molar-refractivity contribution in [1.29, 1.82) is 0 Å². The monoisotopic (exact) mass is 284 g/mol. The number of nitrogens with two attached hydrogens (primary N) is 1. The van der Waals surface area contributed by atoms with Crippen LogP contribution in [0.4, 0.5) is 5.69 Å². The van der Waals surface area contributed by atoms with Gasteiger partial charge in [-0.15, -0.1) is 0 Å². The van der Waals surface area contributed by atoms with Gasteiger partial charge in [0.05, 0.1) is 10.5 Å². The zero-order chi connectivity index (χ0) is 14.0. The Morgan fingerprint density at radius 2 is 1.95 bits per heavy atom. The van der Waals surface area contributed by atoms with E-state index in [0.29, 0.717) is 5.69 Å². The quantitative estimate of drug-likeness (QED) is 0.774. The van der Waals surface area contributed by atoms with E-state index in [2.05, 4.69) is 5.32 Å². The van der Waals surface area contributed by atoms with Crippen LogP contribution in [0.15, 0.2) is 23.1 Å². The molecule has 19 heavy (non-hydrogen) atoms. The molecule has 2 rings (SSSR count). The Morgan fingerprint density at radius 3 is 2.47 bits per heavy atom. The molecule has 1 saturated carbocycles. The van der Waals surface area contributed by atoms with Gasteiger partial charge in [0.15, 0.2) is 0 Å². The molecule has 1 aromatic rings. The van der Waals surface area contributed by atoms with Crippen LogP contribution in [0.5, 0.6) is 0 Å². The number of hydrogen-bond donors (Lipinski definition) is 3. The molecular weight excluding hydrogens is 268 g/mol. The maximum atomic E-state index is 11.2. The number of sulfonamides is 1. The van der Waals surface area contributed by atoms with Crippen LogP contribution >= 0.6 is 0 Å². The minimum Gasteiger partial charge on any atom is -0.478 e. The smallest absolute Gasteiger partial charge is 0.337 e. The highest BCUT2D eigenvalue weighted by Crippen LogP contribution is 2.26. The van der Waals surface area contributed by atoms with Crippen LogP contribution in [0.2, 0.25) is 0 Å². The second kappa shape index (κ2) is 5.18. The molecule has 1 aromatic carbocycles. The molecule has 0 radical (unpaired) electrons. The summed E-state index contributed by atoms with van der Waals surface area (Å²) in [5.41, 5.74) is 0.366. The Balaban J connectivity index is 2.35. The van der Waals surface area contributed by atoms with Gasteiger partial charge in [0.25, 0.3) is 0 Å². The molecule has 1 aliphatic rings. The van der Waals surface area contributed by atoms with Crippen molar-refractivity contribution in [2.45, 2.75) is 36.6 Å². The minimum atomic E-state index is -3.89. The predicted molar refractivity (Wildman–Crippen MR) is 70.7 cm³/mol. The van der Waals surface area contributed by atoms with E-state index in [1.54, 1.807) is 0 Å². The Morgan fingerprint density at radius 1 is 1.32 bits per heavy atom. The molecule has 0 aromatic heterocycles. The Kier molecular flexibility index (Phi) is 3.77. The zero-order valence-electron chi connectivity index (χ0n) is 10.3. The summed E-state index contributed by atoms with van der Waals surface area (Å²) in [6, 6.07) is 4.12. The van der Waals surface area contributed by atoms with Crippen LogP contribution < -0.4 is 10.5 Å². The van der Waals surface area contributed by atoms with Crippen molar-refractivity contribution in [1.82, 2.24) is 0 Å². The fraction of sp³-hybridized carbons (Fsp3) is 0.417. The van der Waals surface area contributed by atoms with Gasteiger partial charge in [-0.2, -0.15) is 0 Å². The van der Waals surface area contributed by atoms with Crippen molar-refractivity contribution < 1.29 is 18.3 Å². The molecule has 4 N–H and O–H groups in total. The number of hydrogen-bond acceptors (Lipinski definition) is 4. The second-order valence-electron chi connectivity index (χ2n) is 4.68. The standard InChI is InChI=1S/C12H16N2O4S/c13-19(17,18)9-5-6-11(10(7-9)12(15)16)14-8-3-1-2-4-8/h5-8,14H,1-4H2,(H,15,16)(H2,13,17,18). The van der Waals surface area contributed by atoms with E-state index in [1.165, 1.54) is 12.1 Å². The summed E-state index contributed by atoms with van der Waals surface area (Å²) in [7, 11) is -3.89. The highest BCUT2D eigenvalue weighted by Gasteiger charge is 2.20. The molecule has 0 aliphatic heterocycles. The number of carboxylic acid groups (broad SMARTS) is 1. The number of aromatic carboxylic acids is 1. The lowest BCUT2D eigenvalue weighted by Gasteiger charge is -2.16. The fourth-order valence-electron chi connectivity index (χ4n) is 2.29. The molecule has 0 unspecified atom stereocenters. The highest BCUT2D eigenvalue weighted by atomic mass is 32.2. The molecule has 1 aliphatic carbocycles. The summed E-state index contributed by atoms with van der Waals surface area (Å²) in [5.74, 6) is -1.18. The average molecular weight is 284 g/mol. The lowest BCUT2D eigenvalue weighted by Crippen LogP contribution is -2.18. The molecule has 1 fully saturated rings. The van der Waals surface area contributed by atoms with Crippen molar-refractivity contribution in [3.05, 3.63) is 23.8 Å². The van der Waals surface area contributed by atoms with Crippen LogP contribution in [0.25, 0.3) is 0 Å². The number of nitrogens with one attached hydrogen (secondary N) is 1. The molecule has 0 amide bonds. The van der Waals surface area contributed by atoms with Gasteiger partial charge in [0, 0.05) is 11.7 Å². The number of carbonyl (C=O) groups is 1. The van der Waals surface area contributed by atoms with Crippen molar-refractivity contribution in [2.75, 3.05) is 5.32 Å². The molecule has 6 nitrogen and oxygen atoms in total. The fourth-order valence-corrected chi connectivity index (χ4v) is 2.83. The van der Waals surface area contributed by atoms with Crippen LogP contribution in [0.3, 0.4) is 0 Å². The number of carboxylic acids is 1. The third kappa shape index (κ3) is 3.24. The van der Waals surface area contributed by atoms with E-state index < -0.39 is 16.0 Å². The van der Waals surface area contributed by atoms with Gasteiger partial charge in [0.2, 0.25) is 10.0 Å². The largest absolute Gasteiger partial charge is 0.478 e. The normalized spacial score (nSPS) is 16.5. The first kappa shape index (κ1) is 13.8. The van der Waals surface area contributed by atoms with E-state index in [-0.39, 0.29) is 16.5 Å². The van der Waals surface area contributed by atoms with Gasteiger partial charge >= 0.3 is 5.97 Å². The molecule has 7 heteroatoms. The predicted octanol–water partition coefficient (Wildman–Crippen LogP) is 1.39. The second-order valence-corrected chi connectivity index (χ2v) is 6.24. The SMILES string of the molecule is NS(=O)(=O)c1ccc(NC2CCCC2)c(C(=O)O)c1. The van der Waals surface area contributed by atoms with E-state index in [1.807, 2.05) is 0 Å². The number of primary sulfonamides is 1. The van der Waals surface area contributed by atoms with Crippen LogP contribution in [-0.4, -0.2) is 25.5 Å². The molecule has 0 heterocycles. The number of benzene rings is 1. The van der Waals surface area contributed by atoms with Crippen LogP contribution in [0, 0.1) is 0 Å². The summed E-state index contributed by atoms with van der Waals surface area (Å²) >= 11 is 0. The first-order chi connectivity index (χ1) is 8.88. The third-order valence-electron chi connectivity index (χ3n) is 3.26. The van der Waals surface area contributed by atoms with Gasteiger partial charge < -0.3 is 10.4 Å². The molecule has 0 saturated heterocycles. The zero-order valence-corrected chi connectivity index (χ0v) is 11.1. The van der Waals surface area contributed by atoms with E-state index in [0.717, 1.165) is 31.7 Å². The molecule has 0 spiro atoms. The Bertz CT molecular complexity index is 592. The van der Waals surface area contributed by atoms with E-state index in [9.17, 15) is 13.2 Å². The van der Waals surface area contributed by atoms with Gasteiger partial charge in [-0.05, 0) is 31.0 Å². The molecular formula is C12H16N2O4S. The molecule has 0 atom stereocenters. The highest BCUT2D eigenvalue weighted by molar-refractivity contribution is 7.89. The third-order valence-corrected chi connectivity index (χ3v) is 4.18. The molecule has 0 bridgehead atoms. The topological polar surface area (TPSA) is 109 Å². The van der Waals surface area contributed by atoms with E-state index >= 15 is 0 Å². The molecule has 104 valence electrons. The maximum absolute atomic E-state index is 11.2. The van der Waals surface area contributed by atoms with Gasteiger partial charge in [0.1, 0.15) is 0 Å².